The van der Waals surface area contributed by atoms with Crippen LogP contribution in [-0.2, 0) is 6.54 Å². The first-order valence-electron chi connectivity index (χ1n) is 7.45. The first-order chi connectivity index (χ1) is 11.0. The third-order valence-electron chi connectivity index (χ3n) is 3.43. The SMILES string of the molecule is CCCCC(N)c1nc(C(=O)NCc2c(F)cccc2F)co1. The maximum Gasteiger partial charge on any atom is 0.273 e. The van der Waals surface area contributed by atoms with Gasteiger partial charge in [0.15, 0.2) is 5.69 Å². The number of oxazole rings is 1. The molecule has 0 saturated carbocycles. The lowest BCUT2D eigenvalue weighted by Crippen LogP contribution is -2.24. The minimum Gasteiger partial charge on any atom is -0.446 e. The molecule has 0 saturated heterocycles. The lowest BCUT2D eigenvalue weighted by Gasteiger charge is -2.06. The van der Waals surface area contributed by atoms with Crippen LogP contribution >= 0.6 is 0 Å². The average Bonchev–Trinajstić information content (AvgIpc) is 3.02. The summed E-state index contributed by atoms with van der Waals surface area (Å²) in [6.45, 7) is 1.77. The van der Waals surface area contributed by atoms with Crippen LogP contribution < -0.4 is 11.1 Å². The van der Waals surface area contributed by atoms with Crippen molar-refractivity contribution in [1.82, 2.24) is 10.3 Å². The Labute approximate surface area is 132 Å². The zero-order valence-corrected chi connectivity index (χ0v) is 12.8. The van der Waals surface area contributed by atoms with Gasteiger partial charge >= 0.3 is 0 Å². The molecule has 1 heterocycles. The molecule has 1 amide bonds. The van der Waals surface area contributed by atoms with Gasteiger partial charge in [-0.15, -0.1) is 0 Å². The van der Waals surface area contributed by atoms with Gasteiger partial charge in [-0.1, -0.05) is 25.8 Å². The maximum absolute atomic E-state index is 13.5. The van der Waals surface area contributed by atoms with Crippen LogP contribution in [0.4, 0.5) is 8.78 Å². The molecule has 23 heavy (non-hydrogen) atoms. The summed E-state index contributed by atoms with van der Waals surface area (Å²) in [7, 11) is 0. The fourth-order valence-corrected chi connectivity index (χ4v) is 2.07. The van der Waals surface area contributed by atoms with Gasteiger partial charge in [0.2, 0.25) is 5.89 Å². The van der Waals surface area contributed by atoms with E-state index in [0.29, 0.717) is 6.42 Å². The Kier molecular flexibility index (Phi) is 5.81. The van der Waals surface area contributed by atoms with Crippen LogP contribution in [0, 0.1) is 11.6 Å². The number of hydrogen-bond donors (Lipinski definition) is 2. The average molecular weight is 323 g/mol. The smallest absolute Gasteiger partial charge is 0.273 e. The highest BCUT2D eigenvalue weighted by molar-refractivity contribution is 5.91. The third-order valence-corrected chi connectivity index (χ3v) is 3.43. The molecule has 2 aromatic rings. The lowest BCUT2D eigenvalue weighted by molar-refractivity contribution is 0.0945. The molecule has 1 aromatic heterocycles. The number of amides is 1. The van der Waals surface area contributed by atoms with Crippen LogP contribution in [0.1, 0.15) is 54.2 Å². The summed E-state index contributed by atoms with van der Waals surface area (Å²) >= 11 is 0. The van der Waals surface area contributed by atoms with Crippen molar-refractivity contribution in [2.75, 3.05) is 0 Å². The number of nitrogens with one attached hydrogen (secondary N) is 1. The Hall–Kier alpha value is -2.28. The standard InChI is InChI=1S/C16H19F2N3O2/c1-2-3-7-13(19)16-21-14(9-23-16)15(22)20-8-10-11(17)5-4-6-12(10)18/h4-6,9,13H,2-3,7-8,19H2,1H3,(H,20,22). The summed E-state index contributed by atoms with van der Waals surface area (Å²) in [6.07, 6.45) is 3.82. The van der Waals surface area contributed by atoms with Crippen LogP contribution in [-0.4, -0.2) is 10.9 Å². The molecule has 7 heteroatoms. The number of carbonyl (C=O) groups excluding carboxylic acids is 1. The first kappa shape index (κ1) is 17.1. The van der Waals surface area contributed by atoms with E-state index in [1.807, 2.05) is 6.92 Å². The van der Waals surface area contributed by atoms with Gasteiger partial charge in [0.1, 0.15) is 17.9 Å². The minimum absolute atomic E-state index is 0.0312. The van der Waals surface area contributed by atoms with Crippen molar-refractivity contribution in [2.24, 2.45) is 5.73 Å². The molecule has 0 fully saturated rings. The molecule has 1 unspecified atom stereocenters. The van der Waals surface area contributed by atoms with Crippen LogP contribution in [0.5, 0.6) is 0 Å². The Morgan fingerprint density at radius 3 is 2.74 bits per heavy atom. The van der Waals surface area contributed by atoms with Crippen molar-refractivity contribution in [1.29, 1.82) is 0 Å². The fraction of sp³-hybridized carbons (Fsp3) is 0.375. The fourth-order valence-electron chi connectivity index (χ4n) is 2.07. The quantitative estimate of drug-likeness (QED) is 0.820. The van der Waals surface area contributed by atoms with Gasteiger partial charge in [-0.2, -0.15) is 0 Å². The number of nitrogens with zero attached hydrogens (tertiary/aromatic N) is 1. The minimum atomic E-state index is -0.715. The molecule has 0 aliphatic carbocycles. The van der Waals surface area contributed by atoms with Crippen molar-refractivity contribution in [2.45, 2.75) is 38.8 Å². The van der Waals surface area contributed by atoms with E-state index in [1.165, 1.54) is 12.3 Å². The molecular formula is C16H19F2N3O2. The largest absolute Gasteiger partial charge is 0.446 e. The van der Waals surface area contributed by atoms with Gasteiger partial charge < -0.3 is 15.5 Å². The Morgan fingerprint density at radius 1 is 1.39 bits per heavy atom. The van der Waals surface area contributed by atoms with E-state index < -0.39 is 17.5 Å². The Balaban J connectivity index is 1.97. The van der Waals surface area contributed by atoms with Gasteiger partial charge in [0, 0.05) is 12.1 Å². The second-order valence-electron chi connectivity index (χ2n) is 5.20. The van der Waals surface area contributed by atoms with E-state index >= 15 is 0 Å². The number of carbonyl (C=O) groups is 1. The summed E-state index contributed by atoms with van der Waals surface area (Å²) in [4.78, 5) is 16.0. The molecule has 124 valence electrons. The van der Waals surface area contributed by atoms with Gasteiger partial charge in [0.05, 0.1) is 6.04 Å². The molecule has 2 rings (SSSR count). The van der Waals surface area contributed by atoms with E-state index in [2.05, 4.69) is 10.3 Å². The van der Waals surface area contributed by atoms with Gasteiger partial charge in [0.25, 0.3) is 5.91 Å². The van der Waals surface area contributed by atoms with Crippen molar-refractivity contribution in [3.63, 3.8) is 0 Å². The molecule has 5 nitrogen and oxygen atoms in total. The Morgan fingerprint density at radius 2 is 2.09 bits per heavy atom. The zero-order chi connectivity index (χ0) is 16.8. The normalized spacial score (nSPS) is 12.2. The second kappa shape index (κ2) is 7.82. The van der Waals surface area contributed by atoms with E-state index in [4.69, 9.17) is 10.2 Å². The Bertz CT molecular complexity index is 653. The number of unbranched alkanes of at least 4 members (excludes halogenated alkanes) is 1. The van der Waals surface area contributed by atoms with Crippen molar-refractivity contribution < 1.29 is 18.0 Å². The summed E-state index contributed by atoms with van der Waals surface area (Å²) in [6, 6.07) is 3.15. The van der Waals surface area contributed by atoms with Gasteiger partial charge in [-0.3, -0.25) is 4.79 Å². The zero-order valence-electron chi connectivity index (χ0n) is 12.8. The molecule has 0 aliphatic heterocycles. The molecule has 1 aromatic carbocycles. The predicted molar refractivity (Wildman–Crippen MR) is 80.5 cm³/mol. The highest BCUT2D eigenvalue weighted by Crippen LogP contribution is 2.16. The first-order valence-corrected chi connectivity index (χ1v) is 7.45. The number of halogens is 2. The van der Waals surface area contributed by atoms with E-state index in [9.17, 15) is 13.6 Å². The number of rotatable bonds is 7. The number of aromatic nitrogens is 1. The van der Waals surface area contributed by atoms with Crippen LogP contribution in [0.25, 0.3) is 0 Å². The van der Waals surface area contributed by atoms with E-state index in [-0.39, 0.29) is 29.7 Å². The van der Waals surface area contributed by atoms with Crippen molar-refractivity contribution in [3.05, 3.63) is 53.2 Å². The molecule has 0 radical (unpaired) electrons. The second-order valence-corrected chi connectivity index (χ2v) is 5.20. The van der Waals surface area contributed by atoms with E-state index in [0.717, 1.165) is 25.0 Å². The third kappa shape index (κ3) is 4.35. The van der Waals surface area contributed by atoms with Gasteiger partial charge in [-0.05, 0) is 18.6 Å². The summed E-state index contributed by atoms with van der Waals surface area (Å²) in [5.41, 5.74) is 5.74. The van der Waals surface area contributed by atoms with Crippen molar-refractivity contribution in [3.8, 4) is 0 Å². The monoisotopic (exact) mass is 323 g/mol. The topological polar surface area (TPSA) is 81.1 Å². The van der Waals surface area contributed by atoms with Crippen LogP contribution in [0.2, 0.25) is 0 Å². The molecule has 0 aliphatic rings. The number of benzene rings is 1. The maximum atomic E-state index is 13.5. The van der Waals surface area contributed by atoms with Crippen LogP contribution in [0.3, 0.4) is 0 Å². The molecule has 3 N–H and O–H groups in total. The lowest BCUT2D eigenvalue weighted by atomic mass is 10.1. The molecule has 1 atom stereocenters. The van der Waals surface area contributed by atoms with Crippen molar-refractivity contribution >= 4 is 5.91 Å². The highest BCUT2D eigenvalue weighted by atomic mass is 19.1. The van der Waals surface area contributed by atoms with Crippen LogP contribution in [0.15, 0.2) is 28.9 Å². The predicted octanol–water partition coefficient (Wildman–Crippen LogP) is 3.07. The number of nitrogens with two attached hydrogens (primary N) is 1. The number of hydrogen-bond acceptors (Lipinski definition) is 4. The summed E-state index contributed by atoms with van der Waals surface area (Å²) in [5.74, 6) is -1.73. The molecular weight excluding hydrogens is 304 g/mol. The highest BCUT2D eigenvalue weighted by Gasteiger charge is 2.17. The van der Waals surface area contributed by atoms with Gasteiger partial charge in [-0.25, -0.2) is 13.8 Å². The van der Waals surface area contributed by atoms with E-state index in [1.54, 1.807) is 0 Å². The summed E-state index contributed by atoms with van der Waals surface area (Å²) < 4.78 is 32.2. The molecule has 0 spiro atoms. The summed E-state index contributed by atoms with van der Waals surface area (Å²) in [5, 5.41) is 2.41. The molecule has 0 bridgehead atoms.